The molecule has 1 fully saturated rings. The van der Waals surface area contributed by atoms with E-state index >= 15 is 0 Å². The first-order valence-corrected chi connectivity index (χ1v) is 9.85. The Morgan fingerprint density at radius 1 is 1.18 bits per heavy atom. The molecule has 28 heavy (non-hydrogen) atoms. The van der Waals surface area contributed by atoms with E-state index in [1.165, 1.54) is 12.1 Å². The lowest BCUT2D eigenvalue weighted by atomic mass is 9.99. The highest BCUT2D eigenvalue weighted by atomic mass is 16.5. The molecule has 0 radical (unpaired) electrons. The van der Waals surface area contributed by atoms with Crippen molar-refractivity contribution in [3.63, 3.8) is 0 Å². The minimum atomic E-state index is -0.672. The van der Waals surface area contributed by atoms with Gasteiger partial charge in [-0.1, -0.05) is 39.2 Å². The van der Waals surface area contributed by atoms with Crippen molar-refractivity contribution in [1.29, 1.82) is 0 Å². The normalized spacial score (nSPS) is 14.9. The topological polar surface area (TPSA) is 92.8 Å². The van der Waals surface area contributed by atoms with Crippen molar-refractivity contribution in [3.8, 4) is 0 Å². The molecule has 0 aromatic heterocycles. The summed E-state index contributed by atoms with van der Waals surface area (Å²) in [6.45, 7) is 4.43. The minimum absolute atomic E-state index is 0.171. The van der Waals surface area contributed by atoms with Crippen molar-refractivity contribution in [1.82, 2.24) is 5.32 Å². The predicted octanol–water partition coefficient (Wildman–Crippen LogP) is 2.83. The van der Waals surface area contributed by atoms with Crippen LogP contribution in [-0.2, 0) is 19.1 Å². The molecule has 1 N–H and O–H groups in total. The first-order valence-electron chi connectivity index (χ1n) is 9.85. The van der Waals surface area contributed by atoms with E-state index in [2.05, 4.69) is 19.2 Å². The highest BCUT2D eigenvalue weighted by Crippen LogP contribution is 2.23. The number of carbonyl (C=O) groups is 4. The van der Waals surface area contributed by atoms with Gasteiger partial charge in [-0.3, -0.25) is 19.3 Å². The number of hydrogen-bond acceptors (Lipinski definition) is 5. The first kappa shape index (κ1) is 21.6. The van der Waals surface area contributed by atoms with Gasteiger partial charge in [-0.15, -0.1) is 0 Å². The zero-order chi connectivity index (χ0) is 20.5. The molecular formula is C21H28N2O5. The van der Waals surface area contributed by atoms with Crippen LogP contribution >= 0.6 is 0 Å². The lowest BCUT2D eigenvalue weighted by Gasteiger charge is -2.16. The lowest BCUT2D eigenvalue weighted by molar-refractivity contribution is -0.124. The fourth-order valence-corrected chi connectivity index (χ4v) is 3.10. The number of ether oxygens (including phenoxy) is 1. The van der Waals surface area contributed by atoms with E-state index in [1.54, 1.807) is 12.1 Å². The van der Waals surface area contributed by atoms with Gasteiger partial charge in [0.05, 0.1) is 11.3 Å². The van der Waals surface area contributed by atoms with Crippen LogP contribution in [0.4, 0.5) is 5.69 Å². The van der Waals surface area contributed by atoms with Crippen molar-refractivity contribution in [2.24, 2.45) is 5.92 Å². The van der Waals surface area contributed by atoms with E-state index in [4.69, 9.17) is 4.74 Å². The average Bonchev–Trinajstić information content (AvgIpc) is 3.04. The molecule has 1 aliphatic heterocycles. The maximum atomic E-state index is 12.2. The number of esters is 1. The Kier molecular flexibility index (Phi) is 8.17. The molecule has 0 saturated carbocycles. The molecule has 1 aliphatic rings. The third-order valence-electron chi connectivity index (χ3n) is 4.86. The highest BCUT2D eigenvalue weighted by Gasteiger charge is 2.30. The van der Waals surface area contributed by atoms with Gasteiger partial charge in [-0.2, -0.15) is 0 Å². The van der Waals surface area contributed by atoms with E-state index < -0.39 is 5.97 Å². The van der Waals surface area contributed by atoms with Gasteiger partial charge in [0.25, 0.3) is 5.91 Å². The first-order chi connectivity index (χ1) is 13.5. The third-order valence-corrected chi connectivity index (χ3v) is 4.86. The highest BCUT2D eigenvalue weighted by molar-refractivity contribution is 6.20. The number of hydrogen-bond donors (Lipinski definition) is 1. The fraction of sp³-hybridized carbons (Fsp3) is 0.524. The second-order valence-corrected chi connectivity index (χ2v) is 6.97. The van der Waals surface area contributed by atoms with E-state index in [0.717, 1.165) is 30.6 Å². The summed E-state index contributed by atoms with van der Waals surface area (Å²) in [5.41, 5.74) is 0.528. The quantitative estimate of drug-likeness (QED) is 0.491. The maximum Gasteiger partial charge on any atom is 0.338 e. The SMILES string of the molecule is CCCC[C@@H](CC)CNC(=O)COC(=O)c1cccc(N2C(=O)CCC2=O)c1. The average molecular weight is 388 g/mol. The van der Waals surface area contributed by atoms with Crippen molar-refractivity contribution in [2.75, 3.05) is 18.1 Å². The number of rotatable bonds is 10. The van der Waals surface area contributed by atoms with Crippen LogP contribution in [0.25, 0.3) is 0 Å². The Morgan fingerprint density at radius 3 is 2.54 bits per heavy atom. The van der Waals surface area contributed by atoms with Crippen LogP contribution in [0.5, 0.6) is 0 Å². The fourth-order valence-electron chi connectivity index (χ4n) is 3.10. The Bertz CT molecular complexity index is 715. The molecule has 0 unspecified atom stereocenters. The molecule has 1 atom stereocenters. The predicted molar refractivity (Wildman–Crippen MR) is 105 cm³/mol. The summed E-state index contributed by atoms with van der Waals surface area (Å²) >= 11 is 0. The second-order valence-electron chi connectivity index (χ2n) is 6.97. The molecule has 3 amide bonds. The van der Waals surface area contributed by atoms with Crippen molar-refractivity contribution < 1.29 is 23.9 Å². The summed E-state index contributed by atoms with van der Waals surface area (Å²) in [4.78, 5) is 48.9. The monoisotopic (exact) mass is 388 g/mol. The number of unbranched alkanes of at least 4 members (excludes halogenated alkanes) is 1. The number of imide groups is 1. The van der Waals surface area contributed by atoms with Gasteiger partial charge in [0, 0.05) is 19.4 Å². The van der Waals surface area contributed by atoms with Gasteiger partial charge in [0.2, 0.25) is 11.8 Å². The van der Waals surface area contributed by atoms with Gasteiger partial charge >= 0.3 is 5.97 Å². The molecule has 0 spiro atoms. The van der Waals surface area contributed by atoms with Crippen molar-refractivity contribution in [3.05, 3.63) is 29.8 Å². The number of anilines is 1. The standard InChI is InChI=1S/C21H28N2O5/c1-3-5-7-15(4-2)13-22-18(24)14-28-21(27)16-8-6-9-17(12-16)23-19(25)10-11-20(23)26/h6,8-9,12,15H,3-5,7,10-11,13-14H2,1-2H3,(H,22,24)/t15-/m1/s1. The largest absolute Gasteiger partial charge is 0.452 e. The van der Waals surface area contributed by atoms with Crippen molar-refractivity contribution in [2.45, 2.75) is 52.4 Å². The summed E-state index contributed by atoms with van der Waals surface area (Å²) in [6.07, 6.45) is 4.64. The van der Waals surface area contributed by atoms with Gasteiger partial charge in [-0.25, -0.2) is 4.79 Å². The number of benzene rings is 1. The van der Waals surface area contributed by atoms with Crippen LogP contribution in [-0.4, -0.2) is 36.8 Å². The molecule has 7 heteroatoms. The van der Waals surface area contributed by atoms with E-state index in [9.17, 15) is 19.2 Å². The van der Waals surface area contributed by atoms with Gasteiger partial charge in [-0.05, 0) is 30.5 Å². The van der Waals surface area contributed by atoms with Gasteiger partial charge in [0.15, 0.2) is 6.61 Å². The molecule has 0 bridgehead atoms. The van der Waals surface area contributed by atoms with E-state index in [-0.39, 0.29) is 42.7 Å². The Labute approximate surface area is 165 Å². The van der Waals surface area contributed by atoms with Crippen LogP contribution in [0.1, 0.15) is 62.7 Å². The Hall–Kier alpha value is -2.70. The second kappa shape index (κ2) is 10.6. The molecule has 1 aromatic rings. The van der Waals surface area contributed by atoms with E-state index in [1.807, 2.05) is 0 Å². The maximum absolute atomic E-state index is 12.2. The molecule has 2 rings (SSSR count). The third kappa shape index (κ3) is 5.90. The zero-order valence-corrected chi connectivity index (χ0v) is 16.5. The van der Waals surface area contributed by atoms with E-state index in [0.29, 0.717) is 18.2 Å². The summed E-state index contributed by atoms with van der Waals surface area (Å²) in [7, 11) is 0. The summed E-state index contributed by atoms with van der Waals surface area (Å²) in [5.74, 6) is -1.17. The van der Waals surface area contributed by atoms with Gasteiger partial charge < -0.3 is 10.1 Å². The smallest absolute Gasteiger partial charge is 0.338 e. The number of nitrogens with one attached hydrogen (secondary N) is 1. The summed E-state index contributed by atoms with van der Waals surface area (Å²) in [5, 5.41) is 2.80. The summed E-state index contributed by atoms with van der Waals surface area (Å²) in [6, 6.07) is 6.11. The van der Waals surface area contributed by atoms with Crippen LogP contribution < -0.4 is 10.2 Å². The molecule has 1 saturated heterocycles. The van der Waals surface area contributed by atoms with Crippen LogP contribution in [0.3, 0.4) is 0 Å². The zero-order valence-electron chi connectivity index (χ0n) is 16.5. The number of nitrogens with zero attached hydrogens (tertiary/aromatic N) is 1. The number of carbonyl (C=O) groups excluding carboxylic acids is 4. The minimum Gasteiger partial charge on any atom is -0.452 e. The molecular weight excluding hydrogens is 360 g/mol. The molecule has 1 aromatic carbocycles. The summed E-state index contributed by atoms with van der Waals surface area (Å²) < 4.78 is 5.07. The molecule has 1 heterocycles. The Balaban J connectivity index is 1.86. The van der Waals surface area contributed by atoms with Crippen molar-refractivity contribution >= 4 is 29.4 Å². The van der Waals surface area contributed by atoms with Crippen LogP contribution in [0.15, 0.2) is 24.3 Å². The van der Waals surface area contributed by atoms with Crippen LogP contribution in [0, 0.1) is 5.92 Å². The number of amides is 3. The lowest BCUT2D eigenvalue weighted by Crippen LogP contribution is -2.33. The van der Waals surface area contributed by atoms with Gasteiger partial charge in [0.1, 0.15) is 0 Å². The molecule has 0 aliphatic carbocycles. The molecule has 7 nitrogen and oxygen atoms in total. The van der Waals surface area contributed by atoms with Crippen LogP contribution in [0.2, 0.25) is 0 Å². The molecule has 152 valence electrons. The Morgan fingerprint density at radius 2 is 1.89 bits per heavy atom.